The van der Waals surface area contributed by atoms with Crippen LogP contribution in [-0.4, -0.2) is 96.5 Å². The van der Waals surface area contributed by atoms with Crippen LogP contribution < -0.4 is 10.2 Å². The van der Waals surface area contributed by atoms with Crippen molar-refractivity contribution >= 4 is 39.3 Å². The van der Waals surface area contributed by atoms with Gasteiger partial charge in [-0.15, -0.1) is 0 Å². The maximum atomic E-state index is 13.4. The molecule has 3 aliphatic heterocycles. The third kappa shape index (κ3) is 5.44. The van der Waals surface area contributed by atoms with E-state index in [1.54, 1.807) is 6.20 Å². The van der Waals surface area contributed by atoms with Crippen LogP contribution in [0.5, 0.6) is 0 Å². The minimum atomic E-state index is 0.0198. The molecule has 3 saturated heterocycles. The summed E-state index contributed by atoms with van der Waals surface area (Å²) in [5.41, 5.74) is 2.56. The van der Waals surface area contributed by atoms with E-state index >= 15 is 0 Å². The quantitative estimate of drug-likeness (QED) is 0.584. The zero-order valence-electron chi connectivity index (χ0n) is 20.6. The molecule has 0 spiro atoms. The number of rotatable bonds is 7. The highest BCUT2D eigenvalue weighted by atomic mass is 32.1. The largest absolute Gasteiger partial charge is 0.379 e. The number of morpholine rings is 1. The number of hydrogen-bond donors (Lipinski definition) is 1. The number of carbonyl (C=O) groups excluding carboxylic acids is 2. The van der Waals surface area contributed by atoms with Crippen molar-refractivity contribution in [3.05, 3.63) is 17.5 Å². The molecule has 3 aliphatic rings. The fourth-order valence-electron chi connectivity index (χ4n) is 5.46. The van der Waals surface area contributed by atoms with E-state index in [0.29, 0.717) is 5.56 Å². The van der Waals surface area contributed by atoms with Gasteiger partial charge in [0.15, 0.2) is 0 Å². The van der Waals surface area contributed by atoms with Crippen molar-refractivity contribution in [2.45, 2.75) is 39.0 Å². The molecular formula is C25H36N6O3S. The van der Waals surface area contributed by atoms with Gasteiger partial charge in [0.25, 0.3) is 5.91 Å². The molecule has 3 fully saturated rings. The second-order valence-electron chi connectivity index (χ2n) is 9.83. The Morgan fingerprint density at radius 1 is 1.11 bits per heavy atom. The van der Waals surface area contributed by atoms with Gasteiger partial charge in [0, 0.05) is 57.9 Å². The van der Waals surface area contributed by atoms with Gasteiger partial charge in [-0.1, -0.05) is 0 Å². The van der Waals surface area contributed by atoms with E-state index in [4.69, 9.17) is 4.74 Å². The molecule has 1 N–H and O–H groups in total. The Kier molecular flexibility index (Phi) is 7.79. The first kappa shape index (κ1) is 24.4. The summed E-state index contributed by atoms with van der Waals surface area (Å²) in [7, 11) is 0. The van der Waals surface area contributed by atoms with Gasteiger partial charge in [0.2, 0.25) is 5.91 Å². The summed E-state index contributed by atoms with van der Waals surface area (Å²) in [5, 5.41) is 4.15. The third-order valence-corrected chi connectivity index (χ3v) is 8.35. The van der Waals surface area contributed by atoms with Crippen molar-refractivity contribution in [1.29, 1.82) is 0 Å². The lowest BCUT2D eigenvalue weighted by Crippen LogP contribution is -2.42. The lowest BCUT2D eigenvalue weighted by Gasteiger charge is -2.35. The molecule has 9 nitrogen and oxygen atoms in total. The molecule has 10 heteroatoms. The summed E-state index contributed by atoms with van der Waals surface area (Å²) >= 11 is 1.38. The smallest absolute Gasteiger partial charge is 0.257 e. The summed E-state index contributed by atoms with van der Waals surface area (Å²) in [6.45, 7) is 10.4. The number of likely N-dealkylation sites (tertiary alicyclic amines) is 1. The van der Waals surface area contributed by atoms with Gasteiger partial charge >= 0.3 is 0 Å². The van der Waals surface area contributed by atoms with E-state index < -0.39 is 0 Å². The summed E-state index contributed by atoms with van der Waals surface area (Å²) in [6.07, 6.45) is 6.39. The Morgan fingerprint density at radius 2 is 1.86 bits per heavy atom. The number of carbonyl (C=O) groups is 2. The molecule has 0 unspecified atom stereocenters. The number of ether oxygens (including phenoxy) is 1. The number of aryl methyl sites for hydroxylation is 1. The van der Waals surface area contributed by atoms with E-state index in [0.717, 1.165) is 119 Å². The van der Waals surface area contributed by atoms with E-state index in [-0.39, 0.29) is 17.7 Å². The molecule has 2 aromatic heterocycles. The number of piperidine rings is 1. The fourth-order valence-corrected chi connectivity index (χ4v) is 6.21. The molecule has 0 saturated carbocycles. The number of aromatic nitrogens is 2. The summed E-state index contributed by atoms with van der Waals surface area (Å²) in [5.74, 6) is 0.247. The van der Waals surface area contributed by atoms with Crippen molar-refractivity contribution in [3.8, 4) is 0 Å². The first-order valence-electron chi connectivity index (χ1n) is 13.0. The first-order chi connectivity index (χ1) is 17.1. The number of fused-ring (bicyclic) bond motifs is 1. The van der Waals surface area contributed by atoms with Crippen LogP contribution >= 0.6 is 11.5 Å². The molecule has 190 valence electrons. The van der Waals surface area contributed by atoms with Crippen LogP contribution in [0.3, 0.4) is 0 Å². The maximum Gasteiger partial charge on any atom is 0.257 e. The molecule has 2 aromatic rings. The van der Waals surface area contributed by atoms with Gasteiger partial charge in [-0.25, -0.2) is 4.98 Å². The van der Waals surface area contributed by atoms with E-state index in [2.05, 4.69) is 24.5 Å². The minimum Gasteiger partial charge on any atom is -0.379 e. The van der Waals surface area contributed by atoms with Crippen molar-refractivity contribution in [2.24, 2.45) is 5.92 Å². The predicted molar refractivity (Wildman–Crippen MR) is 137 cm³/mol. The normalized spacial score (nSPS) is 20.0. The Balaban J connectivity index is 1.21. The van der Waals surface area contributed by atoms with Crippen molar-refractivity contribution < 1.29 is 14.3 Å². The second-order valence-corrected chi connectivity index (χ2v) is 10.6. The lowest BCUT2D eigenvalue weighted by atomic mass is 9.94. The lowest BCUT2D eigenvalue weighted by molar-refractivity contribution is -0.125. The second kappa shape index (κ2) is 11.2. The molecule has 0 aliphatic carbocycles. The molecule has 0 aromatic carbocycles. The van der Waals surface area contributed by atoms with Crippen molar-refractivity contribution in [2.75, 3.05) is 70.5 Å². The van der Waals surface area contributed by atoms with Gasteiger partial charge in [-0.2, -0.15) is 4.37 Å². The van der Waals surface area contributed by atoms with Gasteiger partial charge in [0.05, 0.1) is 35.5 Å². The first-order valence-corrected chi connectivity index (χ1v) is 13.8. The SMILES string of the molecule is Cc1nsc2ncc(C(=O)N3CCCC3)c(N3CCC(C(=O)NCCCN4CCOCC4)CC3)c12. The maximum absolute atomic E-state index is 13.4. The molecule has 35 heavy (non-hydrogen) atoms. The number of pyridine rings is 1. The average Bonchev–Trinajstić information content (AvgIpc) is 3.57. The number of amides is 2. The van der Waals surface area contributed by atoms with E-state index in [1.165, 1.54) is 11.5 Å². The molecule has 2 amide bonds. The molecular weight excluding hydrogens is 464 g/mol. The van der Waals surface area contributed by atoms with Crippen molar-refractivity contribution in [3.63, 3.8) is 0 Å². The predicted octanol–water partition coefficient (Wildman–Crippen LogP) is 2.29. The zero-order valence-corrected chi connectivity index (χ0v) is 21.4. The summed E-state index contributed by atoms with van der Waals surface area (Å²) in [6, 6.07) is 0. The summed E-state index contributed by atoms with van der Waals surface area (Å²) < 4.78 is 9.91. The monoisotopic (exact) mass is 500 g/mol. The average molecular weight is 501 g/mol. The Hall–Kier alpha value is -2.30. The van der Waals surface area contributed by atoms with Crippen LogP contribution in [0.2, 0.25) is 0 Å². The zero-order chi connectivity index (χ0) is 24.2. The molecule has 5 heterocycles. The standard InChI is InChI=1S/C25H36N6O3S/c1-18-21-22(20(17-27-24(21)35-28-18)25(33)31-9-2-3-10-31)30-11-5-19(6-12-30)23(32)26-7-4-8-29-13-15-34-16-14-29/h17,19H,2-16H2,1H3,(H,26,32). The van der Waals surface area contributed by atoms with Crippen LogP contribution in [0.15, 0.2) is 6.20 Å². The Labute approximate surface area is 211 Å². The molecule has 0 radical (unpaired) electrons. The number of nitrogens with zero attached hydrogens (tertiary/aromatic N) is 5. The fraction of sp³-hybridized carbons (Fsp3) is 0.680. The highest BCUT2D eigenvalue weighted by molar-refractivity contribution is 7.13. The highest BCUT2D eigenvalue weighted by Crippen LogP contribution is 2.37. The highest BCUT2D eigenvalue weighted by Gasteiger charge is 2.31. The number of nitrogens with one attached hydrogen (secondary N) is 1. The van der Waals surface area contributed by atoms with Crippen LogP contribution in [-0.2, 0) is 9.53 Å². The van der Waals surface area contributed by atoms with E-state index in [9.17, 15) is 9.59 Å². The Bertz CT molecular complexity index is 1040. The van der Waals surface area contributed by atoms with E-state index in [1.807, 2.05) is 11.8 Å². The number of anilines is 1. The van der Waals surface area contributed by atoms with Gasteiger partial charge in [-0.05, 0) is 57.1 Å². The van der Waals surface area contributed by atoms with Crippen LogP contribution in [0, 0.1) is 12.8 Å². The minimum absolute atomic E-state index is 0.0198. The molecule has 5 rings (SSSR count). The van der Waals surface area contributed by atoms with Crippen LogP contribution in [0.25, 0.3) is 10.2 Å². The van der Waals surface area contributed by atoms with Gasteiger partial charge < -0.3 is 19.9 Å². The Morgan fingerprint density at radius 3 is 2.60 bits per heavy atom. The van der Waals surface area contributed by atoms with Crippen LogP contribution in [0.1, 0.15) is 48.2 Å². The number of hydrogen-bond acceptors (Lipinski definition) is 8. The molecule has 0 atom stereocenters. The van der Waals surface area contributed by atoms with Gasteiger partial charge in [0.1, 0.15) is 4.83 Å². The third-order valence-electron chi connectivity index (χ3n) is 7.51. The molecule has 0 bridgehead atoms. The summed E-state index contributed by atoms with van der Waals surface area (Å²) in [4.78, 5) is 38.3. The topological polar surface area (TPSA) is 90.9 Å². The van der Waals surface area contributed by atoms with Crippen LogP contribution in [0.4, 0.5) is 5.69 Å². The van der Waals surface area contributed by atoms with Gasteiger partial charge in [-0.3, -0.25) is 14.5 Å². The van der Waals surface area contributed by atoms with Crippen molar-refractivity contribution in [1.82, 2.24) is 24.5 Å².